The van der Waals surface area contributed by atoms with Crippen molar-refractivity contribution in [3.8, 4) is 0 Å². The van der Waals surface area contributed by atoms with E-state index in [4.69, 9.17) is 5.73 Å². The molecular formula is C8H15N5O2. The molecule has 0 aromatic carbocycles. The number of nitrogens with two attached hydrogens (primary N) is 1. The summed E-state index contributed by atoms with van der Waals surface area (Å²) < 4.78 is 4.55. The number of aromatic nitrogens is 2. The average molecular weight is 213 g/mol. The molecule has 1 unspecified atom stereocenters. The predicted octanol–water partition coefficient (Wildman–Crippen LogP) is -1.24. The van der Waals surface area contributed by atoms with Crippen LogP contribution in [0.15, 0.2) is 4.63 Å². The van der Waals surface area contributed by atoms with Gasteiger partial charge in [-0.05, 0) is 17.4 Å². The first-order valence-electron chi connectivity index (χ1n) is 4.86. The van der Waals surface area contributed by atoms with E-state index < -0.39 is 0 Å². The number of nitrogen functional groups attached to an aromatic ring is 1. The van der Waals surface area contributed by atoms with Crippen LogP contribution in [0, 0.1) is 0 Å². The largest absolute Gasteiger partial charge is 0.395 e. The van der Waals surface area contributed by atoms with E-state index in [2.05, 4.69) is 19.8 Å². The number of rotatable bonds is 2. The molecule has 0 radical (unpaired) electrons. The van der Waals surface area contributed by atoms with Crippen molar-refractivity contribution in [1.29, 1.82) is 0 Å². The van der Waals surface area contributed by atoms with Crippen LogP contribution in [0.2, 0.25) is 0 Å². The van der Waals surface area contributed by atoms with Gasteiger partial charge < -0.3 is 15.7 Å². The minimum atomic E-state index is 0.106. The topological polar surface area (TPSA) is 91.7 Å². The zero-order chi connectivity index (χ0) is 10.8. The zero-order valence-corrected chi connectivity index (χ0v) is 8.63. The second kappa shape index (κ2) is 4.03. The fourth-order valence-corrected chi connectivity index (χ4v) is 1.75. The number of aliphatic hydroxyl groups is 1. The summed E-state index contributed by atoms with van der Waals surface area (Å²) in [5.41, 5.74) is 5.61. The van der Waals surface area contributed by atoms with E-state index >= 15 is 0 Å². The number of nitrogens with zero attached hydrogens (tertiary/aromatic N) is 4. The third kappa shape index (κ3) is 1.88. The Morgan fingerprint density at radius 2 is 2.33 bits per heavy atom. The number of hydrogen-bond acceptors (Lipinski definition) is 7. The van der Waals surface area contributed by atoms with Crippen molar-refractivity contribution in [1.82, 2.24) is 15.2 Å². The highest BCUT2D eigenvalue weighted by atomic mass is 16.6. The Morgan fingerprint density at radius 3 is 2.93 bits per heavy atom. The molecule has 1 atom stereocenters. The highest BCUT2D eigenvalue weighted by molar-refractivity contribution is 5.56. The molecule has 1 aromatic rings. The van der Waals surface area contributed by atoms with E-state index in [9.17, 15) is 5.11 Å². The molecule has 0 saturated carbocycles. The Morgan fingerprint density at radius 1 is 1.53 bits per heavy atom. The average Bonchev–Trinajstić information content (AvgIpc) is 2.65. The van der Waals surface area contributed by atoms with Crippen LogP contribution < -0.4 is 10.6 Å². The van der Waals surface area contributed by atoms with Crippen LogP contribution in [0.25, 0.3) is 0 Å². The second-order valence-corrected chi connectivity index (χ2v) is 3.74. The van der Waals surface area contributed by atoms with Gasteiger partial charge >= 0.3 is 0 Å². The third-order valence-corrected chi connectivity index (χ3v) is 2.78. The summed E-state index contributed by atoms with van der Waals surface area (Å²) in [6.07, 6.45) is 0. The summed E-state index contributed by atoms with van der Waals surface area (Å²) in [6.45, 7) is 2.48. The number of likely N-dealkylation sites (N-methyl/N-ethyl adjacent to an activating group) is 1. The van der Waals surface area contributed by atoms with Gasteiger partial charge in [-0.3, -0.25) is 4.90 Å². The monoisotopic (exact) mass is 213 g/mol. The molecule has 7 nitrogen and oxygen atoms in total. The van der Waals surface area contributed by atoms with E-state index in [0.29, 0.717) is 18.2 Å². The fraction of sp³-hybridized carbons (Fsp3) is 0.750. The van der Waals surface area contributed by atoms with E-state index in [1.807, 2.05) is 11.9 Å². The highest BCUT2D eigenvalue weighted by Gasteiger charge is 2.26. The van der Waals surface area contributed by atoms with Gasteiger partial charge in [-0.2, -0.15) is 0 Å². The van der Waals surface area contributed by atoms with Crippen molar-refractivity contribution in [3.05, 3.63) is 0 Å². The van der Waals surface area contributed by atoms with Gasteiger partial charge in [-0.25, -0.2) is 4.63 Å². The third-order valence-electron chi connectivity index (χ3n) is 2.78. The van der Waals surface area contributed by atoms with Crippen LogP contribution in [0.3, 0.4) is 0 Å². The predicted molar refractivity (Wildman–Crippen MR) is 54.4 cm³/mol. The summed E-state index contributed by atoms with van der Waals surface area (Å²) in [4.78, 5) is 4.09. The van der Waals surface area contributed by atoms with Crippen molar-refractivity contribution in [3.63, 3.8) is 0 Å². The van der Waals surface area contributed by atoms with Gasteiger partial charge in [0.05, 0.1) is 12.6 Å². The van der Waals surface area contributed by atoms with Crippen LogP contribution in [-0.4, -0.2) is 59.7 Å². The van der Waals surface area contributed by atoms with Gasteiger partial charge in [-0.1, -0.05) is 0 Å². The fourth-order valence-electron chi connectivity index (χ4n) is 1.75. The molecule has 2 rings (SSSR count). The summed E-state index contributed by atoms with van der Waals surface area (Å²) in [6, 6.07) is 0.106. The number of anilines is 2. The zero-order valence-electron chi connectivity index (χ0n) is 8.63. The first-order valence-corrected chi connectivity index (χ1v) is 4.86. The van der Waals surface area contributed by atoms with Gasteiger partial charge in [-0.15, -0.1) is 0 Å². The SMILES string of the molecule is CN1CCN(c2nonc2N)CC1CO. The lowest BCUT2D eigenvalue weighted by Gasteiger charge is -2.38. The lowest BCUT2D eigenvalue weighted by atomic mass is 10.2. The molecule has 7 heteroatoms. The van der Waals surface area contributed by atoms with E-state index in [1.54, 1.807) is 0 Å². The quantitative estimate of drug-likeness (QED) is 0.635. The Balaban J connectivity index is 2.09. The lowest BCUT2D eigenvalue weighted by molar-refractivity contribution is 0.135. The molecular weight excluding hydrogens is 198 g/mol. The van der Waals surface area contributed by atoms with Crippen LogP contribution in [0.1, 0.15) is 0 Å². The Labute approximate surface area is 87.4 Å². The molecule has 2 heterocycles. The van der Waals surface area contributed by atoms with Crippen molar-refractivity contribution in [2.45, 2.75) is 6.04 Å². The smallest absolute Gasteiger partial charge is 0.217 e. The summed E-state index contributed by atoms with van der Waals surface area (Å²) in [5, 5.41) is 16.5. The Kier molecular flexibility index (Phi) is 2.74. The summed E-state index contributed by atoms with van der Waals surface area (Å²) in [5.74, 6) is 0.873. The number of hydrogen-bond donors (Lipinski definition) is 2. The van der Waals surface area contributed by atoms with E-state index in [-0.39, 0.29) is 12.6 Å². The molecule has 1 aromatic heterocycles. The highest BCUT2D eigenvalue weighted by Crippen LogP contribution is 2.20. The van der Waals surface area contributed by atoms with E-state index in [0.717, 1.165) is 13.1 Å². The standard InChI is InChI=1S/C8H15N5O2/c1-12-2-3-13(4-6(12)5-14)8-7(9)10-15-11-8/h6,14H,2-5H2,1H3,(H2,9,10). The molecule has 3 N–H and O–H groups in total. The van der Waals surface area contributed by atoms with Crippen LogP contribution in [-0.2, 0) is 0 Å². The van der Waals surface area contributed by atoms with Crippen molar-refractivity contribution in [2.24, 2.45) is 0 Å². The molecule has 1 aliphatic heterocycles. The van der Waals surface area contributed by atoms with Crippen LogP contribution in [0.4, 0.5) is 11.6 Å². The van der Waals surface area contributed by atoms with Crippen molar-refractivity contribution in [2.75, 3.05) is 43.9 Å². The maximum atomic E-state index is 9.19. The van der Waals surface area contributed by atoms with Crippen LogP contribution in [0.5, 0.6) is 0 Å². The van der Waals surface area contributed by atoms with Crippen LogP contribution >= 0.6 is 0 Å². The molecule has 1 aliphatic rings. The van der Waals surface area contributed by atoms with Crippen molar-refractivity contribution < 1.29 is 9.74 Å². The Hall–Kier alpha value is -1.34. The molecule has 0 aliphatic carbocycles. The molecule has 0 bridgehead atoms. The lowest BCUT2D eigenvalue weighted by Crippen LogP contribution is -2.53. The minimum Gasteiger partial charge on any atom is -0.395 e. The molecule has 15 heavy (non-hydrogen) atoms. The Bertz CT molecular complexity index is 329. The molecule has 0 spiro atoms. The normalized spacial score (nSPS) is 23.3. The number of piperazine rings is 1. The van der Waals surface area contributed by atoms with Gasteiger partial charge in [0.2, 0.25) is 11.6 Å². The van der Waals surface area contributed by atoms with Gasteiger partial charge in [0.1, 0.15) is 0 Å². The maximum absolute atomic E-state index is 9.19. The first-order chi connectivity index (χ1) is 7.22. The van der Waals surface area contributed by atoms with Gasteiger partial charge in [0, 0.05) is 19.6 Å². The second-order valence-electron chi connectivity index (χ2n) is 3.74. The molecule has 84 valence electrons. The van der Waals surface area contributed by atoms with Crippen molar-refractivity contribution >= 4 is 11.6 Å². The van der Waals surface area contributed by atoms with Gasteiger partial charge in [0.15, 0.2) is 0 Å². The molecule has 1 saturated heterocycles. The summed E-state index contributed by atoms with van der Waals surface area (Å²) >= 11 is 0. The number of aliphatic hydroxyl groups excluding tert-OH is 1. The molecule has 1 fully saturated rings. The maximum Gasteiger partial charge on any atom is 0.217 e. The minimum absolute atomic E-state index is 0.106. The van der Waals surface area contributed by atoms with Gasteiger partial charge in [0.25, 0.3) is 0 Å². The van der Waals surface area contributed by atoms with E-state index in [1.165, 1.54) is 0 Å². The molecule has 0 amide bonds. The summed E-state index contributed by atoms with van der Waals surface area (Å²) in [7, 11) is 1.99. The first kappa shape index (κ1) is 10.2.